The van der Waals surface area contributed by atoms with Gasteiger partial charge in [0.2, 0.25) is 0 Å². The molecule has 0 unspecified atom stereocenters. The molecule has 1 aliphatic carbocycles. The van der Waals surface area contributed by atoms with Gasteiger partial charge in [-0.05, 0) is 13.3 Å². The molecule has 2 rings (SSSR count). The Morgan fingerprint density at radius 3 is 2.12 bits per heavy atom. The fourth-order valence-electron chi connectivity index (χ4n) is 3.32. The van der Waals surface area contributed by atoms with Crippen molar-refractivity contribution in [3.63, 3.8) is 0 Å². The highest BCUT2D eigenvalue weighted by Crippen LogP contribution is 2.32. The van der Waals surface area contributed by atoms with Crippen LogP contribution in [0.15, 0.2) is 0 Å². The minimum Gasteiger partial charge on any atom is -0.396 e. The fraction of sp³-hybridized carbons (Fsp3) is 1.00. The van der Waals surface area contributed by atoms with Gasteiger partial charge in [0, 0.05) is 19.1 Å². The summed E-state index contributed by atoms with van der Waals surface area (Å²) in [4.78, 5) is 0. The molecular formula is C15H28O10. The molecule has 2 fully saturated rings. The molecule has 10 nitrogen and oxygen atoms in total. The van der Waals surface area contributed by atoms with Crippen LogP contribution in [0.3, 0.4) is 0 Å². The number of aliphatic hydroxyl groups is 7. The summed E-state index contributed by atoms with van der Waals surface area (Å²) in [5, 5.41) is 69.0. The average molecular weight is 368 g/mol. The molecule has 0 aromatic heterocycles. The lowest BCUT2D eigenvalue weighted by atomic mass is 9.81. The lowest BCUT2D eigenvalue weighted by Gasteiger charge is -2.46. The molecule has 1 saturated carbocycles. The van der Waals surface area contributed by atoms with E-state index in [-0.39, 0.29) is 13.0 Å². The van der Waals surface area contributed by atoms with E-state index in [9.17, 15) is 35.7 Å². The summed E-state index contributed by atoms with van der Waals surface area (Å²) in [7, 11) is 0. The van der Waals surface area contributed by atoms with Crippen LogP contribution in [0.2, 0.25) is 0 Å². The van der Waals surface area contributed by atoms with E-state index in [1.807, 2.05) is 0 Å². The van der Waals surface area contributed by atoms with Crippen molar-refractivity contribution in [1.82, 2.24) is 0 Å². The van der Waals surface area contributed by atoms with E-state index < -0.39 is 74.3 Å². The van der Waals surface area contributed by atoms with Crippen LogP contribution >= 0.6 is 0 Å². The van der Waals surface area contributed by atoms with Crippen molar-refractivity contribution < 1.29 is 50.0 Å². The van der Waals surface area contributed by atoms with E-state index in [1.165, 1.54) is 0 Å². The van der Waals surface area contributed by atoms with Crippen molar-refractivity contribution >= 4 is 0 Å². The Morgan fingerprint density at radius 2 is 1.56 bits per heavy atom. The minimum atomic E-state index is -1.54. The zero-order valence-corrected chi connectivity index (χ0v) is 14.0. The largest absolute Gasteiger partial charge is 0.396 e. The van der Waals surface area contributed by atoms with Gasteiger partial charge in [-0.1, -0.05) is 0 Å². The van der Waals surface area contributed by atoms with Gasteiger partial charge in [-0.15, -0.1) is 0 Å². The summed E-state index contributed by atoms with van der Waals surface area (Å²) in [6, 6.07) is 0. The molecule has 10 atom stereocenters. The highest BCUT2D eigenvalue weighted by molar-refractivity contribution is 4.96. The van der Waals surface area contributed by atoms with E-state index >= 15 is 0 Å². The molecule has 1 heterocycles. The quantitative estimate of drug-likeness (QED) is 0.248. The van der Waals surface area contributed by atoms with Crippen LogP contribution in [-0.4, -0.2) is 111 Å². The van der Waals surface area contributed by atoms with E-state index in [2.05, 4.69) is 0 Å². The Labute approximate surface area is 145 Å². The van der Waals surface area contributed by atoms with Crippen LogP contribution in [0.4, 0.5) is 0 Å². The van der Waals surface area contributed by atoms with Crippen molar-refractivity contribution in [2.75, 3.05) is 19.8 Å². The minimum absolute atomic E-state index is 0.0161. The smallest absolute Gasteiger partial charge is 0.186 e. The fourth-order valence-corrected chi connectivity index (χ4v) is 3.32. The molecule has 148 valence electrons. The zero-order valence-electron chi connectivity index (χ0n) is 14.0. The van der Waals surface area contributed by atoms with Crippen LogP contribution in [0.5, 0.6) is 0 Å². The Hall–Kier alpha value is -0.400. The van der Waals surface area contributed by atoms with Crippen molar-refractivity contribution in [3.05, 3.63) is 0 Å². The highest BCUT2D eigenvalue weighted by Gasteiger charge is 2.49. The van der Waals surface area contributed by atoms with Gasteiger partial charge in [-0.3, -0.25) is 0 Å². The van der Waals surface area contributed by atoms with Crippen LogP contribution in [-0.2, 0) is 14.2 Å². The first-order chi connectivity index (χ1) is 11.8. The third kappa shape index (κ3) is 4.30. The third-order valence-corrected chi connectivity index (χ3v) is 4.82. The van der Waals surface area contributed by atoms with E-state index in [0.717, 1.165) is 0 Å². The molecule has 0 spiro atoms. The predicted molar refractivity (Wildman–Crippen MR) is 81.3 cm³/mol. The Kier molecular flexibility index (Phi) is 7.52. The Morgan fingerprint density at radius 1 is 0.880 bits per heavy atom. The highest BCUT2D eigenvalue weighted by atomic mass is 16.7. The molecule has 10 heteroatoms. The summed E-state index contributed by atoms with van der Waals surface area (Å²) in [5.74, 6) is -0.723. The number of aliphatic hydroxyl groups excluding tert-OH is 7. The maximum atomic E-state index is 10.3. The molecule has 0 radical (unpaired) electrons. The summed E-state index contributed by atoms with van der Waals surface area (Å²) in [5.41, 5.74) is 0. The van der Waals surface area contributed by atoms with Crippen LogP contribution in [0.1, 0.15) is 13.3 Å². The number of hydrogen-bond donors (Lipinski definition) is 7. The number of hydrogen-bond acceptors (Lipinski definition) is 10. The number of ether oxygens (including phenoxy) is 3. The monoisotopic (exact) mass is 368 g/mol. The summed E-state index contributed by atoms with van der Waals surface area (Å²) in [6.45, 7) is 0.948. The van der Waals surface area contributed by atoms with Gasteiger partial charge in [0.15, 0.2) is 6.29 Å². The van der Waals surface area contributed by atoms with Gasteiger partial charge < -0.3 is 50.0 Å². The summed E-state index contributed by atoms with van der Waals surface area (Å²) < 4.78 is 16.2. The molecule has 1 aliphatic heterocycles. The van der Waals surface area contributed by atoms with Crippen molar-refractivity contribution in [3.8, 4) is 0 Å². The average Bonchev–Trinajstić information content (AvgIpc) is 2.61. The first-order valence-corrected chi connectivity index (χ1v) is 8.40. The van der Waals surface area contributed by atoms with Crippen LogP contribution in [0.25, 0.3) is 0 Å². The van der Waals surface area contributed by atoms with Crippen molar-refractivity contribution in [2.24, 2.45) is 5.92 Å². The van der Waals surface area contributed by atoms with Gasteiger partial charge in [0.25, 0.3) is 0 Å². The first kappa shape index (κ1) is 20.9. The molecule has 1 saturated heterocycles. The lowest BCUT2D eigenvalue weighted by molar-refractivity contribution is -0.319. The predicted octanol–water partition coefficient (Wildman–Crippen LogP) is -3.69. The second-order valence-electron chi connectivity index (χ2n) is 6.45. The maximum Gasteiger partial charge on any atom is 0.186 e. The normalized spacial score (nSPS) is 48.5. The van der Waals surface area contributed by atoms with E-state index in [1.54, 1.807) is 6.92 Å². The molecule has 0 bridgehead atoms. The summed E-state index contributed by atoms with van der Waals surface area (Å²) in [6.07, 6.45) is -11.6. The second-order valence-corrected chi connectivity index (χ2v) is 6.45. The molecule has 0 amide bonds. The lowest BCUT2D eigenvalue weighted by Crippen LogP contribution is -2.63. The van der Waals surface area contributed by atoms with Crippen LogP contribution < -0.4 is 0 Å². The standard InChI is InChI=1S/C15H28O10/c1-2-23-15-13(22)12(21)14(8(5-17)25-15)24-7-3-6(4-16)9(18)11(20)10(7)19/h6-22H,2-5H2,1H3/t6-,7+,8-,9-,10+,11+,12-,13-,14-,15+/m1/s1. The first-order valence-electron chi connectivity index (χ1n) is 8.40. The maximum absolute atomic E-state index is 10.3. The Bertz CT molecular complexity index is 406. The summed E-state index contributed by atoms with van der Waals surface area (Å²) >= 11 is 0. The van der Waals surface area contributed by atoms with E-state index in [4.69, 9.17) is 14.2 Å². The van der Waals surface area contributed by atoms with Crippen molar-refractivity contribution in [1.29, 1.82) is 0 Å². The topological polar surface area (TPSA) is 169 Å². The molecule has 25 heavy (non-hydrogen) atoms. The third-order valence-electron chi connectivity index (χ3n) is 4.82. The molecular weight excluding hydrogens is 340 g/mol. The molecule has 2 aliphatic rings. The number of rotatable bonds is 6. The molecule has 0 aromatic carbocycles. The van der Waals surface area contributed by atoms with Gasteiger partial charge >= 0.3 is 0 Å². The molecule has 0 aromatic rings. The second kappa shape index (κ2) is 9.00. The Balaban J connectivity index is 2.11. The van der Waals surface area contributed by atoms with Gasteiger partial charge in [-0.2, -0.15) is 0 Å². The van der Waals surface area contributed by atoms with Crippen molar-refractivity contribution in [2.45, 2.75) is 68.5 Å². The SMILES string of the molecule is CCO[C@H]1O[C@H](CO)[C@@H](O[C@H]2C[C@H](CO)[C@@H](O)[C@H](O)[C@H]2O)[C@H](O)[C@H]1O. The van der Waals surface area contributed by atoms with Gasteiger partial charge in [0.1, 0.15) is 36.6 Å². The van der Waals surface area contributed by atoms with Gasteiger partial charge in [0.05, 0.1) is 18.8 Å². The zero-order chi connectivity index (χ0) is 18.7. The van der Waals surface area contributed by atoms with Gasteiger partial charge in [-0.25, -0.2) is 0 Å². The molecule has 7 N–H and O–H groups in total. The van der Waals surface area contributed by atoms with E-state index in [0.29, 0.717) is 0 Å². The van der Waals surface area contributed by atoms with Crippen LogP contribution in [0, 0.1) is 5.92 Å².